The van der Waals surface area contributed by atoms with Crippen molar-refractivity contribution in [2.75, 3.05) is 47.5 Å². The first-order valence-corrected chi connectivity index (χ1v) is 29.0. The van der Waals surface area contributed by atoms with Gasteiger partial charge in [-0.1, -0.05) is 231 Å². The maximum atomic E-state index is 12.7. The van der Waals surface area contributed by atoms with Crippen molar-refractivity contribution >= 4 is 19.8 Å². The lowest BCUT2D eigenvalue weighted by molar-refractivity contribution is -0.870. The van der Waals surface area contributed by atoms with Gasteiger partial charge in [0.1, 0.15) is 19.8 Å². The number of phosphoric acid groups is 1. The predicted molar refractivity (Wildman–Crippen MR) is 273 cm³/mol. The second kappa shape index (κ2) is 47.6. The largest absolute Gasteiger partial charge is 0.756 e. The van der Waals surface area contributed by atoms with E-state index in [0.29, 0.717) is 17.4 Å². The molecule has 0 aliphatic carbocycles. The van der Waals surface area contributed by atoms with E-state index in [-0.39, 0.29) is 32.0 Å². The summed E-state index contributed by atoms with van der Waals surface area (Å²) in [4.78, 5) is 37.6. The van der Waals surface area contributed by atoms with Crippen molar-refractivity contribution < 1.29 is 42.1 Å². The second-order valence-corrected chi connectivity index (χ2v) is 21.4. The number of hydrogen-bond donors (Lipinski definition) is 0. The molecule has 0 heterocycles. The molecule has 0 spiro atoms. The number of allylic oxidation sites excluding steroid dienone is 4. The van der Waals surface area contributed by atoms with Crippen LogP contribution >= 0.6 is 7.82 Å². The number of unbranched alkanes of at least 4 members (excludes halogenated alkanes) is 33. The Morgan fingerprint density at radius 1 is 0.477 bits per heavy atom. The zero-order chi connectivity index (χ0) is 47.8. The summed E-state index contributed by atoms with van der Waals surface area (Å²) < 4.78 is 34.0. The van der Waals surface area contributed by atoms with Gasteiger partial charge in [-0.25, -0.2) is 0 Å². The van der Waals surface area contributed by atoms with Gasteiger partial charge in [0.25, 0.3) is 7.82 Å². The van der Waals surface area contributed by atoms with Crippen LogP contribution in [0, 0.1) is 0 Å². The Kier molecular flexibility index (Phi) is 46.4. The van der Waals surface area contributed by atoms with E-state index in [1.54, 1.807) is 0 Å². The Morgan fingerprint density at radius 2 is 0.831 bits per heavy atom. The van der Waals surface area contributed by atoms with Crippen molar-refractivity contribution in [3.63, 3.8) is 0 Å². The van der Waals surface area contributed by atoms with Crippen LogP contribution < -0.4 is 4.89 Å². The summed E-state index contributed by atoms with van der Waals surface area (Å²) in [6.45, 7) is 4.24. The Balaban J connectivity index is 3.97. The maximum absolute atomic E-state index is 12.7. The van der Waals surface area contributed by atoms with Crippen molar-refractivity contribution in [1.29, 1.82) is 0 Å². The van der Waals surface area contributed by atoms with E-state index in [1.807, 2.05) is 21.1 Å². The summed E-state index contributed by atoms with van der Waals surface area (Å²) in [6, 6.07) is 0. The SMILES string of the molecule is CCCCCCC/C=C\C/C=C\CCCCCCCCCCCCCCCCCCCCCC(=O)OC(COC(=O)CCCCCCCCCCCC)COP(=O)([O-])OCC[N+](C)(C)C. The summed E-state index contributed by atoms with van der Waals surface area (Å²) >= 11 is 0. The lowest BCUT2D eigenvalue weighted by atomic mass is 10.0. The number of carbonyl (C=O) groups is 2. The van der Waals surface area contributed by atoms with Gasteiger partial charge in [-0.05, 0) is 44.9 Å². The monoisotopic (exact) mass is 940 g/mol. The minimum Gasteiger partial charge on any atom is -0.756 e. The second-order valence-electron chi connectivity index (χ2n) is 20.0. The van der Waals surface area contributed by atoms with E-state index in [2.05, 4.69) is 38.2 Å². The number of quaternary nitrogens is 1. The Morgan fingerprint density at radius 3 is 1.22 bits per heavy atom. The molecule has 2 unspecified atom stereocenters. The molecule has 10 heteroatoms. The fourth-order valence-corrected chi connectivity index (χ4v) is 8.65. The molecule has 65 heavy (non-hydrogen) atoms. The van der Waals surface area contributed by atoms with Crippen molar-refractivity contribution in [2.24, 2.45) is 0 Å². The van der Waals surface area contributed by atoms with Gasteiger partial charge in [0.2, 0.25) is 0 Å². The molecule has 0 saturated heterocycles. The van der Waals surface area contributed by atoms with Gasteiger partial charge >= 0.3 is 11.9 Å². The standard InChI is InChI=1S/C55H106NO8P/c1-6-8-10-12-14-16-18-19-20-21-22-23-24-25-26-27-28-29-30-31-32-33-34-35-36-37-38-40-42-44-46-48-55(58)64-53(52-63-65(59,60)62-50-49-56(3,4)5)51-61-54(57)47-45-43-41-39-17-15-13-11-9-7-2/h18-19,21-22,53H,6-17,20,23-52H2,1-5H3/b19-18-,22-21-. The maximum Gasteiger partial charge on any atom is 0.306 e. The fraction of sp³-hybridized carbons (Fsp3) is 0.891. The molecule has 0 radical (unpaired) electrons. The van der Waals surface area contributed by atoms with Crippen LogP contribution in [0.25, 0.3) is 0 Å². The normalized spacial score (nSPS) is 13.5. The van der Waals surface area contributed by atoms with E-state index in [4.69, 9.17) is 18.5 Å². The molecule has 0 aliphatic rings. The minimum absolute atomic E-state index is 0.0275. The summed E-state index contributed by atoms with van der Waals surface area (Å²) in [5.41, 5.74) is 0. The van der Waals surface area contributed by atoms with Crippen LogP contribution in [0.5, 0.6) is 0 Å². The number of ether oxygens (including phenoxy) is 2. The molecule has 0 N–H and O–H groups in total. The highest BCUT2D eigenvalue weighted by Crippen LogP contribution is 2.38. The molecule has 0 rings (SSSR count). The van der Waals surface area contributed by atoms with E-state index in [9.17, 15) is 19.0 Å². The zero-order valence-electron chi connectivity index (χ0n) is 43.5. The highest BCUT2D eigenvalue weighted by Gasteiger charge is 2.21. The van der Waals surface area contributed by atoms with Crippen LogP contribution in [0.3, 0.4) is 0 Å². The van der Waals surface area contributed by atoms with E-state index < -0.39 is 26.5 Å². The highest BCUT2D eigenvalue weighted by molar-refractivity contribution is 7.45. The molecular formula is C55H106NO8P. The summed E-state index contributed by atoms with van der Waals surface area (Å²) in [6.07, 6.45) is 55.3. The van der Waals surface area contributed by atoms with E-state index in [1.165, 1.54) is 193 Å². The van der Waals surface area contributed by atoms with Crippen molar-refractivity contribution in [1.82, 2.24) is 0 Å². The van der Waals surface area contributed by atoms with Crippen molar-refractivity contribution in [3.05, 3.63) is 24.3 Å². The lowest BCUT2D eigenvalue weighted by Crippen LogP contribution is -2.37. The molecule has 0 fully saturated rings. The van der Waals surface area contributed by atoms with Gasteiger partial charge in [-0.2, -0.15) is 0 Å². The van der Waals surface area contributed by atoms with Gasteiger partial charge < -0.3 is 27.9 Å². The van der Waals surface area contributed by atoms with Crippen LogP contribution in [-0.2, 0) is 32.7 Å². The molecule has 0 aliphatic heterocycles. The summed E-state index contributed by atoms with van der Waals surface area (Å²) in [5, 5.41) is 0. The molecule has 0 aromatic rings. The summed E-state index contributed by atoms with van der Waals surface area (Å²) in [7, 11) is 1.18. The van der Waals surface area contributed by atoms with Crippen LogP contribution in [0.1, 0.15) is 264 Å². The van der Waals surface area contributed by atoms with Crippen LogP contribution in [0.15, 0.2) is 24.3 Å². The molecule has 9 nitrogen and oxygen atoms in total. The average molecular weight is 940 g/mol. The number of hydrogen-bond acceptors (Lipinski definition) is 8. The van der Waals surface area contributed by atoms with Crippen molar-refractivity contribution in [3.8, 4) is 0 Å². The van der Waals surface area contributed by atoms with Gasteiger partial charge in [-0.15, -0.1) is 0 Å². The Labute approximate surface area is 402 Å². The smallest absolute Gasteiger partial charge is 0.306 e. The van der Waals surface area contributed by atoms with E-state index in [0.717, 1.165) is 38.5 Å². The van der Waals surface area contributed by atoms with E-state index >= 15 is 0 Å². The third-order valence-electron chi connectivity index (χ3n) is 12.2. The minimum atomic E-state index is -4.62. The first-order chi connectivity index (χ1) is 31.5. The van der Waals surface area contributed by atoms with Crippen molar-refractivity contribution in [2.45, 2.75) is 270 Å². The number of rotatable bonds is 51. The average Bonchev–Trinajstić information content (AvgIpc) is 3.26. The quantitative estimate of drug-likeness (QED) is 0.0195. The zero-order valence-corrected chi connectivity index (χ0v) is 44.3. The lowest BCUT2D eigenvalue weighted by Gasteiger charge is -2.28. The third-order valence-corrected chi connectivity index (χ3v) is 13.2. The molecule has 0 aromatic heterocycles. The van der Waals surface area contributed by atoms with Gasteiger partial charge in [0.05, 0.1) is 27.7 Å². The molecule has 384 valence electrons. The van der Waals surface area contributed by atoms with Gasteiger partial charge in [0, 0.05) is 12.8 Å². The molecule has 2 atom stereocenters. The number of esters is 2. The molecule has 0 aromatic carbocycles. The first kappa shape index (κ1) is 63.5. The number of carbonyl (C=O) groups excluding carboxylic acids is 2. The number of likely N-dealkylation sites (N-methyl/N-ethyl adjacent to an activating group) is 1. The van der Waals surface area contributed by atoms with Crippen LogP contribution in [0.2, 0.25) is 0 Å². The Hall–Kier alpha value is -1.51. The van der Waals surface area contributed by atoms with Gasteiger partial charge in [0.15, 0.2) is 6.10 Å². The molecule has 0 bridgehead atoms. The highest BCUT2D eigenvalue weighted by atomic mass is 31.2. The van der Waals surface area contributed by atoms with Gasteiger partial charge in [-0.3, -0.25) is 14.2 Å². The summed E-state index contributed by atoms with van der Waals surface area (Å²) in [5.74, 6) is -0.822. The number of nitrogens with zero attached hydrogens (tertiary/aromatic N) is 1. The fourth-order valence-electron chi connectivity index (χ4n) is 7.92. The predicted octanol–water partition coefficient (Wildman–Crippen LogP) is 16.0. The third kappa shape index (κ3) is 51.7. The molecule has 0 amide bonds. The molecular weight excluding hydrogens is 834 g/mol. The Bertz CT molecular complexity index is 1150. The number of phosphoric ester groups is 1. The van der Waals surface area contributed by atoms with Crippen LogP contribution in [-0.4, -0.2) is 70.0 Å². The first-order valence-electron chi connectivity index (χ1n) is 27.5. The van der Waals surface area contributed by atoms with Crippen LogP contribution in [0.4, 0.5) is 0 Å². The molecule has 0 saturated carbocycles. The topological polar surface area (TPSA) is 111 Å².